The van der Waals surface area contributed by atoms with Gasteiger partial charge in [-0.3, -0.25) is 4.72 Å². The zero-order chi connectivity index (χ0) is 26.6. The quantitative estimate of drug-likeness (QED) is 0.222. The predicted octanol–water partition coefficient (Wildman–Crippen LogP) is 1.66. The van der Waals surface area contributed by atoms with Crippen molar-refractivity contribution in [2.75, 3.05) is 37.5 Å². The van der Waals surface area contributed by atoms with Gasteiger partial charge in [0.15, 0.2) is 28.2 Å². The number of anilines is 3. The van der Waals surface area contributed by atoms with Gasteiger partial charge in [0.1, 0.15) is 18.5 Å². The second-order valence-corrected chi connectivity index (χ2v) is 9.50. The van der Waals surface area contributed by atoms with E-state index in [4.69, 9.17) is 14.2 Å². The van der Waals surface area contributed by atoms with Crippen molar-refractivity contribution in [2.24, 2.45) is 7.05 Å². The Morgan fingerprint density at radius 1 is 1.08 bits per heavy atom. The Labute approximate surface area is 212 Å². The van der Waals surface area contributed by atoms with Crippen LogP contribution in [-0.2, 0) is 17.1 Å². The van der Waals surface area contributed by atoms with Crippen LogP contribution in [0.25, 0.3) is 11.0 Å². The highest BCUT2D eigenvalue weighted by atomic mass is 32.2. The van der Waals surface area contributed by atoms with Gasteiger partial charge in [0, 0.05) is 25.4 Å². The highest BCUT2D eigenvalue weighted by Gasteiger charge is 2.23. The van der Waals surface area contributed by atoms with Crippen molar-refractivity contribution >= 4 is 38.4 Å². The fourth-order valence-electron chi connectivity index (χ4n) is 3.31. The SMILES string of the molecule is COc1cc(Nc2nc3ccccc3nc2NS(=O)(=O)c2cn(C)cn2)c(OCC(O)CO)c(OC)c1. The molecule has 0 radical (unpaired) electrons. The maximum atomic E-state index is 13.0. The van der Waals surface area contributed by atoms with Crippen LogP contribution < -0.4 is 24.2 Å². The number of aliphatic hydroxyl groups excluding tert-OH is 2. The van der Waals surface area contributed by atoms with Crippen LogP contribution >= 0.6 is 0 Å². The first kappa shape index (κ1) is 25.9. The smallest absolute Gasteiger partial charge is 0.282 e. The number of para-hydroxylation sites is 2. The number of rotatable bonds is 11. The van der Waals surface area contributed by atoms with E-state index in [1.165, 1.54) is 31.3 Å². The molecular weight excluding hydrogens is 504 g/mol. The van der Waals surface area contributed by atoms with Gasteiger partial charge < -0.3 is 34.3 Å². The van der Waals surface area contributed by atoms with Crippen molar-refractivity contribution in [1.29, 1.82) is 0 Å². The minimum Gasteiger partial charge on any atom is -0.497 e. The van der Waals surface area contributed by atoms with Gasteiger partial charge in [-0.2, -0.15) is 8.42 Å². The highest BCUT2D eigenvalue weighted by molar-refractivity contribution is 7.92. The number of nitrogens with zero attached hydrogens (tertiary/aromatic N) is 4. The summed E-state index contributed by atoms with van der Waals surface area (Å²) in [6.45, 7) is -0.743. The lowest BCUT2D eigenvalue weighted by Crippen LogP contribution is -2.22. The Morgan fingerprint density at radius 2 is 1.78 bits per heavy atom. The number of aryl methyl sites for hydroxylation is 1. The summed E-state index contributed by atoms with van der Waals surface area (Å²) in [7, 11) is 0.446. The van der Waals surface area contributed by atoms with Crippen molar-refractivity contribution in [2.45, 2.75) is 11.1 Å². The van der Waals surface area contributed by atoms with E-state index < -0.39 is 22.7 Å². The van der Waals surface area contributed by atoms with E-state index in [2.05, 4.69) is 25.0 Å². The molecule has 4 rings (SSSR count). The minimum absolute atomic E-state index is 0.0565. The van der Waals surface area contributed by atoms with Crippen LogP contribution in [0.5, 0.6) is 17.2 Å². The van der Waals surface area contributed by atoms with E-state index in [0.717, 1.165) is 0 Å². The first-order chi connectivity index (χ1) is 17.7. The monoisotopic (exact) mass is 530 g/mol. The number of hydrogen-bond acceptors (Lipinski definition) is 11. The summed E-state index contributed by atoms with van der Waals surface area (Å²) in [5.41, 5.74) is 1.24. The van der Waals surface area contributed by atoms with Gasteiger partial charge in [-0.15, -0.1) is 0 Å². The van der Waals surface area contributed by atoms with E-state index in [1.807, 2.05) is 0 Å². The fourth-order valence-corrected chi connectivity index (χ4v) is 4.31. The molecule has 0 aliphatic carbocycles. The Morgan fingerprint density at radius 3 is 2.38 bits per heavy atom. The highest BCUT2D eigenvalue weighted by Crippen LogP contribution is 2.42. The van der Waals surface area contributed by atoms with Gasteiger partial charge in [-0.25, -0.2) is 15.0 Å². The van der Waals surface area contributed by atoms with Crippen LogP contribution in [0.15, 0.2) is 53.9 Å². The molecule has 0 saturated carbocycles. The molecule has 14 heteroatoms. The van der Waals surface area contributed by atoms with E-state index in [9.17, 15) is 18.6 Å². The van der Waals surface area contributed by atoms with Crippen molar-refractivity contribution < 1.29 is 32.8 Å². The summed E-state index contributed by atoms with van der Waals surface area (Å²) in [5.74, 6) is 0.799. The van der Waals surface area contributed by atoms with Crippen molar-refractivity contribution in [3.63, 3.8) is 0 Å². The topological polar surface area (TPSA) is 170 Å². The predicted molar refractivity (Wildman–Crippen MR) is 135 cm³/mol. The molecule has 196 valence electrons. The van der Waals surface area contributed by atoms with E-state index in [0.29, 0.717) is 16.8 Å². The van der Waals surface area contributed by atoms with Crippen LogP contribution in [0.2, 0.25) is 0 Å². The van der Waals surface area contributed by atoms with Gasteiger partial charge in [-0.05, 0) is 12.1 Å². The molecule has 0 bridgehead atoms. The fraction of sp³-hybridized carbons (Fsp3) is 0.261. The van der Waals surface area contributed by atoms with Crippen LogP contribution in [-0.4, -0.2) is 71.7 Å². The molecule has 4 aromatic rings. The van der Waals surface area contributed by atoms with Crippen LogP contribution in [0.3, 0.4) is 0 Å². The summed E-state index contributed by atoms with van der Waals surface area (Å²) in [4.78, 5) is 12.9. The molecule has 0 amide bonds. The van der Waals surface area contributed by atoms with Crippen LogP contribution in [0, 0.1) is 0 Å². The maximum absolute atomic E-state index is 13.0. The normalized spacial score (nSPS) is 12.2. The number of benzene rings is 2. The molecule has 1 unspecified atom stereocenters. The van der Waals surface area contributed by atoms with Crippen molar-refractivity contribution in [3.8, 4) is 17.2 Å². The first-order valence-electron chi connectivity index (χ1n) is 11.0. The Hall–Kier alpha value is -4.14. The molecule has 0 aliphatic rings. The number of aromatic nitrogens is 4. The number of ether oxygens (including phenoxy) is 3. The van der Waals surface area contributed by atoms with Crippen LogP contribution in [0.1, 0.15) is 0 Å². The molecule has 0 spiro atoms. The number of fused-ring (bicyclic) bond motifs is 1. The second kappa shape index (κ2) is 10.9. The maximum Gasteiger partial charge on any atom is 0.282 e. The van der Waals surface area contributed by atoms with E-state index in [1.54, 1.807) is 43.4 Å². The van der Waals surface area contributed by atoms with Crippen molar-refractivity contribution in [3.05, 3.63) is 48.9 Å². The zero-order valence-electron chi connectivity index (χ0n) is 20.2. The average Bonchev–Trinajstić information content (AvgIpc) is 3.34. The summed E-state index contributed by atoms with van der Waals surface area (Å²) in [6.07, 6.45) is 1.59. The summed E-state index contributed by atoms with van der Waals surface area (Å²) in [6, 6.07) is 10.1. The zero-order valence-corrected chi connectivity index (χ0v) is 21.1. The lowest BCUT2D eigenvalue weighted by molar-refractivity contribution is 0.0529. The second-order valence-electron chi connectivity index (χ2n) is 7.87. The summed E-state index contributed by atoms with van der Waals surface area (Å²) >= 11 is 0. The lowest BCUT2D eigenvalue weighted by atomic mass is 10.2. The summed E-state index contributed by atoms with van der Waals surface area (Å²) < 4.78 is 46.5. The third-order valence-electron chi connectivity index (χ3n) is 5.13. The molecule has 13 nitrogen and oxygen atoms in total. The lowest BCUT2D eigenvalue weighted by Gasteiger charge is -2.19. The Bertz CT molecular complexity index is 1510. The van der Waals surface area contributed by atoms with E-state index in [-0.39, 0.29) is 40.5 Å². The number of methoxy groups -OCH3 is 2. The standard InChI is InChI=1S/C23H26N6O7S/c1-29-10-20(24-13-29)37(32,33)28-23-22(25-16-6-4-5-7-17(16)26-23)27-18-8-15(34-2)9-19(35-3)21(18)36-12-14(31)11-30/h4-10,13-14,30-31H,11-12H2,1-3H3,(H,25,27)(H,26,28). The third kappa shape index (κ3) is 5.82. The number of imidazole rings is 1. The molecule has 2 aromatic heterocycles. The number of sulfonamides is 1. The average molecular weight is 531 g/mol. The molecular formula is C23H26N6O7S. The largest absolute Gasteiger partial charge is 0.497 e. The molecule has 37 heavy (non-hydrogen) atoms. The van der Waals surface area contributed by atoms with Gasteiger partial charge in [0.2, 0.25) is 0 Å². The first-order valence-corrected chi connectivity index (χ1v) is 12.4. The molecule has 0 fully saturated rings. The van der Waals surface area contributed by atoms with Gasteiger partial charge in [0.25, 0.3) is 10.0 Å². The number of aliphatic hydroxyl groups is 2. The minimum atomic E-state index is -4.10. The number of hydrogen-bond donors (Lipinski definition) is 4. The Balaban J connectivity index is 1.81. The van der Waals surface area contributed by atoms with Gasteiger partial charge >= 0.3 is 0 Å². The van der Waals surface area contributed by atoms with Crippen molar-refractivity contribution in [1.82, 2.24) is 19.5 Å². The van der Waals surface area contributed by atoms with Gasteiger partial charge in [-0.1, -0.05) is 12.1 Å². The van der Waals surface area contributed by atoms with Crippen LogP contribution in [0.4, 0.5) is 17.3 Å². The molecule has 0 aliphatic heterocycles. The molecule has 4 N–H and O–H groups in total. The number of nitrogens with one attached hydrogen (secondary N) is 2. The van der Waals surface area contributed by atoms with Gasteiger partial charge in [0.05, 0.1) is 43.9 Å². The third-order valence-corrected chi connectivity index (χ3v) is 6.35. The molecule has 2 heterocycles. The molecule has 0 saturated heterocycles. The summed E-state index contributed by atoms with van der Waals surface area (Å²) in [5, 5.41) is 21.8. The van der Waals surface area contributed by atoms with E-state index >= 15 is 0 Å². The molecule has 2 aromatic carbocycles. The Kier molecular flexibility index (Phi) is 7.61. The molecule has 1 atom stereocenters.